The van der Waals surface area contributed by atoms with Gasteiger partial charge in [-0.1, -0.05) is 18.2 Å². The molecule has 0 saturated heterocycles. The molecule has 11 heteroatoms. The van der Waals surface area contributed by atoms with E-state index >= 15 is 0 Å². The first-order valence-electron chi connectivity index (χ1n) is 9.87. The number of nitrogens with one attached hydrogen (secondary N) is 3. The first-order chi connectivity index (χ1) is 15.4. The largest absolute Gasteiger partial charge is 0.320 e. The molecule has 0 spiro atoms. The molecule has 1 aliphatic carbocycles. The number of carbonyl (C=O) groups excluding carboxylic acids is 1. The maximum absolute atomic E-state index is 12.9. The van der Waals surface area contributed by atoms with E-state index in [9.17, 15) is 18.0 Å². The number of sulfonamides is 1. The van der Waals surface area contributed by atoms with E-state index in [0.717, 1.165) is 12.8 Å². The molecule has 0 atom stereocenters. The molecule has 2 heterocycles. The van der Waals surface area contributed by atoms with Crippen molar-refractivity contribution in [3.63, 3.8) is 0 Å². The fourth-order valence-electron chi connectivity index (χ4n) is 3.28. The summed E-state index contributed by atoms with van der Waals surface area (Å²) in [7, 11) is -3.68. The van der Waals surface area contributed by atoms with E-state index in [1.165, 1.54) is 35.4 Å². The molecular formula is C21H18N6O4S. The normalized spacial score (nSPS) is 13.9. The second-order valence-corrected chi connectivity index (χ2v) is 9.13. The standard InChI is InChI=1S/C21H18N6O4S/c28-20(13-4-3-5-15(10-13)32(30,31)26-14-8-9-14)25-17-6-1-2-7-18(17)27-19-16(11-24-27)21(29)23-12-22-19/h1-7,10-12,14,26H,8-9H2,(H,25,28)(H,22,23,29). The van der Waals surface area contributed by atoms with Gasteiger partial charge in [-0.25, -0.2) is 22.8 Å². The lowest BCUT2D eigenvalue weighted by Gasteiger charge is -2.12. The molecule has 32 heavy (non-hydrogen) atoms. The van der Waals surface area contributed by atoms with E-state index in [-0.39, 0.29) is 22.1 Å². The van der Waals surface area contributed by atoms with Crippen LogP contribution >= 0.6 is 0 Å². The number of para-hydroxylation sites is 2. The minimum absolute atomic E-state index is 0.0332. The zero-order valence-corrected chi connectivity index (χ0v) is 17.5. The third-order valence-electron chi connectivity index (χ3n) is 5.06. The number of fused-ring (bicyclic) bond motifs is 1. The van der Waals surface area contributed by atoms with Gasteiger partial charge in [0.1, 0.15) is 5.39 Å². The average Bonchev–Trinajstić information content (AvgIpc) is 3.48. The monoisotopic (exact) mass is 450 g/mol. The van der Waals surface area contributed by atoms with Crippen LogP contribution in [0.25, 0.3) is 16.7 Å². The molecule has 162 valence electrons. The van der Waals surface area contributed by atoms with Gasteiger partial charge in [-0.3, -0.25) is 9.59 Å². The number of aromatic amines is 1. The Hall–Kier alpha value is -3.83. The fraction of sp³-hybridized carbons (Fsp3) is 0.143. The summed E-state index contributed by atoms with van der Waals surface area (Å²) in [5.41, 5.74) is 1.15. The highest BCUT2D eigenvalue weighted by Gasteiger charge is 2.28. The zero-order chi connectivity index (χ0) is 22.3. The van der Waals surface area contributed by atoms with Crippen LogP contribution < -0.4 is 15.6 Å². The van der Waals surface area contributed by atoms with Crippen molar-refractivity contribution in [2.45, 2.75) is 23.8 Å². The first kappa shape index (κ1) is 20.1. The summed E-state index contributed by atoms with van der Waals surface area (Å²) in [4.78, 5) is 31.6. The van der Waals surface area contributed by atoms with Gasteiger partial charge in [-0.15, -0.1) is 0 Å². The molecule has 0 aliphatic heterocycles. The molecule has 1 amide bonds. The molecule has 1 saturated carbocycles. The summed E-state index contributed by atoms with van der Waals surface area (Å²) in [5, 5.41) is 7.35. The Kier molecular flexibility index (Phi) is 4.83. The SMILES string of the molecule is O=C(Nc1ccccc1-n1ncc2c(=O)[nH]cnc21)c1cccc(S(=O)(=O)NC2CC2)c1. The van der Waals surface area contributed by atoms with Gasteiger partial charge < -0.3 is 10.3 Å². The van der Waals surface area contributed by atoms with Crippen LogP contribution in [0.2, 0.25) is 0 Å². The highest BCUT2D eigenvalue weighted by molar-refractivity contribution is 7.89. The molecule has 10 nitrogen and oxygen atoms in total. The lowest BCUT2D eigenvalue weighted by Crippen LogP contribution is -2.26. The topological polar surface area (TPSA) is 139 Å². The van der Waals surface area contributed by atoms with Crippen LogP contribution in [0.1, 0.15) is 23.2 Å². The third-order valence-corrected chi connectivity index (χ3v) is 6.58. The Morgan fingerprint density at radius 2 is 1.94 bits per heavy atom. The summed E-state index contributed by atoms with van der Waals surface area (Å²) in [6.45, 7) is 0. The first-order valence-corrected chi connectivity index (χ1v) is 11.4. The maximum atomic E-state index is 12.9. The van der Waals surface area contributed by atoms with Crippen molar-refractivity contribution in [3.8, 4) is 5.69 Å². The van der Waals surface area contributed by atoms with Crippen LogP contribution in [-0.2, 0) is 10.0 Å². The van der Waals surface area contributed by atoms with Gasteiger partial charge in [0.05, 0.1) is 28.8 Å². The van der Waals surface area contributed by atoms with Crippen molar-refractivity contribution < 1.29 is 13.2 Å². The Morgan fingerprint density at radius 1 is 1.12 bits per heavy atom. The van der Waals surface area contributed by atoms with E-state index < -0.39 is 15.9 Å². The second kappa shape index (κ2) is 7.70. The van der Waals surface area contributed by atoms with E-state index in [0.29, 0.717) is 22.4 Å². The predicted octanol–water partition coefficient (Wildman–Crippen LogP) is 1.80. The number of H-pyrrole nitrogens is 1. The van der Waals surface area contributed by atoms with Gasteiger partial charge in [-0.2, -0.15) is 5.10 Å². The van der Waals surface area contributed by atoms with Gasteiger partial charge >= 0.3 is 0 Å². The number of hydrogen-bond donors (Lipinski definition) is 3. The summed E-state index contributed by atoms with van der Waals surface area (Å²) in [6, 6.07) is 12.7. The highest BCUT2D eigenvalue weighted by atomic mass is 32.2. The van der Waals surface area contributed by atoms with Crippen molar-refractivity contribution in [1.82, 2.24) is 24.5 Å². The zero-order valence-electron chi connectivity index (χ0n) is 16.6. The van der Waals surface area contributed by atoms with Crippen LogP contribution in [-0.4, -0.2) is 40.1 Å². The predicted molar refractivity (Wildman–Crippen MR) is 117 cm³/mol. The second-order valence-electron chi connectivity index (χ2n) is 7.42. The van der Waals surface area contributed by atoms with Crippen molar-refractivity contribution >= 4 is 32.7 Å². The smallest absolute Gasteiger partial charge is 0.261 e. The average molecular weight is 450 g/mol. The van der Waals surface area contributed by atoms with Crippen molar-refractivity contribution in [1.29, 1.82) is 0 Å². The minimum Gasteiger partial charge on any atom is -0.320 e. The number of hydrogen-bond acceptors (Lipinski definition) is 6. The van der Waals surface area contributed by atoms with E-state index in [1.54, 1.807) is 30.3 Å². The van der Waals surface area contributed by atoms with E-state index in [1.807, 2.05) is 0 Å². The van der Waals surface area contributed by atoms with Gasteiger partial charge in [0.25, 0.3) is 11.5 Å². The van der Waals surface area contributed by atoms with Crippen molar-refractivity contribution in [2.24, 2.45) is 0 Å². The number of anilines is 1. The third kappa shape index (κ3) is 3.79. The Labute approximate surface area is 182 Å². The molecule has 2 aromatic heterocycles. The van der Waals surface area contributed by atoms with Gasteiger partial charge in [0.2, 0.25) is 10.0 Å². The maximum Gasteiger partial charge on any atom is 0.261 e. The van der Waals surface area contributed by atoms with Crippen LogP contribution in [0.15, 0.2) is 70.7 Å². The van der Waals surface area contributed by atoms with Gasteiger partial charge in [-0.05, 0) is 43.2 Å². The number of rotatable bonds is 6. The Bertz CT molecular complexity index is 1500. The van der Waals surface area contributed by atoms with Crippen LogP contribution in [0.5, 0.6) is 0 Å². The van der Waals surface area contributed by atoms with Gasteiger partial charge in [0, 0.05) is 11.6 Å². The Balaban J connectivity index is 1.47. The summed E-state index contributed by atoms with van der Waals surface area (Å²) in [6.07, 6.45) is 4.32. The number of carbonyl (C=O) groups is 1. The molecule has 4 aromatic rings. The quantitative estimate of drug-likeness (QED) is 0.409. The van der Waals surface area contributed by atoms with Crippen molar-refractivity contribution in [2.75, 3.05) is 5.32 Å². The number of aromatic nitrogens is 4. The molecule has 1 aliphatic rings. The molecule has 5 rings (SSSR count). The van der Waals surface area contributed by atoms with Crippen molar-refractivity contribution in [3.05, 3.63) is 77.0 Å². The summed E-state index contributed by atoms with van der Waals surface area (Å²) >= 11 is 0. The van der Waals surface area contributed by atoms with Crippen LogP contribution in [0, 0.1) is 0 Å². The van der Waals surface area contributed by atoms with E-state index in [2.05, 4.69) is 25.1 Å². The molecular weight excluding hydrogens is 432 g/mol. The highest BCUT2D eigenvalue weighted by Crippen LogP contribution is 2.24. The lowest BCUT2D eigenvalue weighted by atomic mass is 10.2. The molecule has 2 aromatic carbocycles. The summed E-state index contributed by atoms with van der Waals surface area (Å²) in [5.74, 6) is -0.483. The fourth-order valence-corrected chi connectivity index (χ4v) is 4.63. The molecule has 1 fully saturated rings. The Morgan fingerprint density at radius 3 is 2.75 bits per heavy atom. The molecule has 0 radical (unpaired) electrons. The molecule has 0 unspecified atom stereocenters. The molecule has 3 N–H and O–H groups in total. The summed E-state index contributed by atoms with van der Waals surface area (Å²) < 4.78 is 29.0. The minimum atomic E-state index is -3.68. The van der Waals surface area contributed by atoms with Gasteiger partial charge in [0.15, 0.2) is 5.65 Å². The van der Waals surface area contributed by atoms with Crippen LogP contribution in [0.4, 0.5) is 5.69 Å². The number of benzene rings is 2. The molecule has 0 bridgehead atoms. The number of nitrogens with zero attached hydrogens (tertiary/aromatic N) is 3. The number of amides is 1. The van der Waals surface area contributed by atoms with E-state index in [4.69, 9.17) is 0 Å². The van der Waals surface area contributed by atoms with Crippen LogP contribution in [0.3, 0.4) is 0 Å². The lowest BCUT2D eigenvalue weighted by molar-refractivity contribution is 0.102.